The second-order valence-corrected chi connectivity index (χ2v) is 25.5. The number of ether oxygens (including phenoxy) is 8. The number of carbonyl (C=O) groups is 1. The van der Waals surface area contributed by atoms with E-state index in [1.165, 1.54) is 12.5 Å². The first-order chi connectivity index (χ1) is 34.5. The number of aliphatic hydroxyl groups excluding tert-OH is 12. The van der Waals surface area contributed by atoms with Crippen LogP contribution in [-0.4, -0.2) is 221 Å². The third kappa shape index (κ3) is 8.88. The molecule has 4 heterocycles. The number of hydrogen-bond acceptors (Lipinski definition) is 21. The molecule has 22 nitrogen and oxygen atoms in total. The summed E-state index contributed by atoms with van der Waals surface area (Å²) in [6.45, 7) is 15.7. The summed E-state index contributed by atoms with van der Waals surface area (Å²) in [6, 6.07) is 0. The minimum absolute atomic E-state index is 0.0540. The highest BCUT2D eigenvalue weighted by molar-refractivity contribution is 5.73. The zero-order valence-electron chi connectivity index (χ0n) is 43.7. The standard InChI is InChI=1S/C52H84O22/c1-21-29(56)32(59)36(63)44(69-21)72-38-31(58)25(55)19-68-45(38)73-39-34(61)33(60)37(42(65)66)71-46(39)70-28-12-13-50(6)26(47(28,2)3)11-14-52(8)27(50)10-9-22-23-17-48(4,20-53)40(64)41(49(23,5)15-16-51(22,52)7)74-43-35(62)30(57)24(54)18-67-43/h9,21,23-41,43-46,53-64H,10-20H2,1-8H3,(H,65,66)/t21-,23-,24-,25-,26+,27+,28-,29-,30-,31-,32+,33-,34-,35+,36+,37-,38+,39+,40-,41+,43-,44-,45-,46+,48+,49+,50-,51+,52+/m0/s1. The van der Waals surface area contributed by atoms with Crippen molar-refractivity contribution in [2.45, 2.75) is 236 Å². The average molecular weight is 1060 g/mol. The zero-order chi connectivity index (χ0) is 54.2. The summed E-state index contributed by atoms with van der Waals surface area (Å²) in [5, 5.41) is 141. The van der Waals surface area contributed by atoms with Crippen LogP contribution in [0.5, 0.6) is 0 Å². The van der Waals surface area contributed by atoms with Gasteiger partial charge in [-0.2, -0.15) is 0 Å². The minimum Gasteiger partial charge on any atom is -0.479 e. The largest absolute Gasteiger partial charge is 0.479 e. The topological polar surface area (TPSA) is 354 Å². The Morgan fingerprint density at radius 2 is 1.24 bits per heavy atom. The molecule has 0 aromatic heterocycles. The zero-order valence-corrected chi connectivity index (χ0v) is 43.7. The van der Waals surface area contributed by atoms with Crippen molar-refractivity contribution >= 4 is 5.97 Å². The van der Waals surface area contributed by atoms with Crippen molar-refractivity contribution in [3.05, 3.63) is 11.6 Å². The molecule has 22 heteroatoms. The molecule has 13 N–H and O–H groups in total. The lowest BCUT2D eigenvalue weighted by Gasteiger charge is -2.72. The first kappa shape index (κ1) is 57.1. The third-order valence-corrected chi connectivity index (χ3v) is 21.1. The van der Waals surface area contributed by atoms with Crippen molar-refractivity contribution in [2.24, 2.45) is 50.2 Å². The smallest absolute Gasteiger partial charge is 0.335 e. The van der Waals surface area contributed by atoms with E-state index in [4.69, 9.17) is 37.9 Å². The highest BCUT2D eigenvalue weighted by Crippen LogP contribution is 2.76. The molecule has 4 saturated carbocycles. The summed E-state index contributed by atoms with van der Waals surface area (Å²) in [7, 11) is 0. The predicted octanol–water partition coefficient (Wildman–Crippen LogP) is -1.22. The number of aliphatic carboxylic acids is 1. The molecule has 424 valence electrons. The Bertz CT molecular complexity index is 2060. The highest BCUT2D eigenvalue weighted by Gasteiger charge is 2.71. The molecule has 0 aromatic rings. The van der Waals surface area contributed by atoms with E-state index in [0.29, 0.717) is 25.7 Å². The molecule has 0 spiro atoms. The van der Waals surface area contributed by atoms with Gasteiger partial charge in [0.05, 0.1) is 44.2 Å². The van der Waals surface area contributed by atoms with Crippen molar-refractivity contribution in [1.29, 1.82) is 0 Å². The van der Waals surface area contributed by atoms with Crippen molar-refractivity contribution in [2.75, 3.05) is 19.8 Å². The van der Waals surface area contributed by atoms with Crippen molar-refractivity contribution in [1.82, 2.24) is 0 Å². The number of rotatable bonds is 10. The maximum absolute atomic E-state index is 12.5. The molecule has 8 fully saturated rings. The van der Waals surface area contributed by atoms with Gasteiger partial charge < -0.3 is 104 Å². The van der Waals surface area contributed by atoms with E-state index in [1.807, 2.05) is 6.92 Å². The van der Waals surface area contributed by atoms with Crippen molar-refractivity contribution in [3.8, 4) is 0 Å². The highest BCUT2D eigenvalue weighted by atomic mass is 16.8. The molecule has 4 saturated heterocycles. The fourth-order valence-electron chi connectivity index (χ4n) is 16.1. The SMILES string of the molecule is C[C@@H]1O[C@@H](O[C@H]2[C@H](O[C@H]3[C@H](O[C@H]4CC[C@@]5(C)[C@H](CC[C@]6(C)[C@@H]5CC=C5[C@@H]7C[C@](C)(CO)[C@@H](O)[C@@H](O[C@@H]8OC[C@H](O)[C@H](O)[C@H]8O)[C@]7(C)CC[C@]56C)C4(C)C)O[C@H](C(=O)O)[C@@H](O)[C@@H]3O)OC[C@H](O)[C@@H]2O)[C@H](O)[C@H](O)[C@H]1O. The van der Waals surface area contributed by atoms with E-state index >= 15 is 0 Å². The van der Waals surface area contributed by atoms with Crippen LogP contribution >= 0.6 is 0 Å². The lowest BCUT2D eigenvalue weighted by Crippen LogP contribution is -2.69. The Balaban J connectivity index is 0.966. The minimum atomic E-state index is -2.02. The van der Waals surface area contributed by atoms with Crippen molar-refractivity contribution in [3.63, 3.8) is 0 Å². The molecular weight excluding hydrogens is 977 g/mol. The molecule has 0 radical (unpaired) electrons. The van der Waals surface area contributed by atoms with Crippen LogP contribution in [0.25, 0.3) is 0 Å². The third-order valence-electron chi connectivity index (χ3n) is 21.1. The summed E-state index contributed by atoms with van der Waals surface area (Å²) < 4.78 is 48.5. The first-order valence-corrected chi connectivity index (χ1v) is 26.7. The van der Waals surface area contributed by atoms with Gasteiger partial charge in [-0.3, -0.25) is 0 Å². The van der Waals surface area contributed by atoms with Crippen LogP contribution in [-0.2, 0) is 42.7 Å². The van der Waals surface area contributed by atoms with Gasteiger partial charge in [0.2, 0.25) is 0 Å². The van der Waals surface area contributed by atoms with Crippen LogP contribution in [0, 0.1) is 50.2 Å². The van der Waals surface area contributed by atoms with E-state index in [2.05, 4.69) is 47.6 Å². The number of carboxylic acid groups (broad SMARTS) is 1. The number of carboxylic acids is 1. The summed E-state index contributed by atoms with van der Waals surface area (Å²) in [5.41, 5.74) is -1.76. The Morgan fingerprint density at radius 3 is 1.91 bits per heavy atom. The van der Waals surface area contributed by atoms with Gasteiger partial charge in [0.15, 0.2) is 31.3 Å². The Kier molecular flexibility index (Phi) is 15.6. The molecular formula is C52H84O22. The molecule has 5 aliphatic carbocycles. The number of allylic oxidation sites excluding steroid dienone is 2. The van der Waals surface area contributed by atoms with Gasteiger partial charge in [0.25, 0.3) is 0 Å². The van der Waals surface area contributed by atoms with E-state index in [1.54, 1.807) is 0 Å². The summed E-state index contributed by atoms with van der Waals surface area (Å²) >= 11 is 0. The van der Waals surface area contributed by atoms with Crippen LogP contribution < -0.4 is 0 Å². The molecule has 0 amide bonds. The number of hydrogen-bond donors (Lipinski definition) is 13. The van der Waals surface area contributed by atoms with Crippen LogP contribution in [0.3, 0.4) is 0 Å². The fraction of sp³-hybridized carbons (Fsp3) is 0.942. The van der Waals surface area contributed by atoms with Crippen LogP contribution in [0.1, 0.15) is 107 Å². The Hall–Kier alpha value is -1.59. The first-order valence-electron chi connectivity index (χ1n) is 26.7. The molecule has 0 unspecified atom stereocenters. The van der Waals surface area contributed by atoms with Crippen LogP contribution in [0.15, 0.2) is 11.6 Å². The second-order valence-electron chi connectivity index (χ2n) is 25.5. The molecule has 74 heavy (non-hydrogen) atoms. The van der Waals surface area contributed by atoms with Gasteiger partial charge in [0, 0.05) is 10.8 Å². The summed E-state index contributed by atoms with van der Waals surface area (Å²) in [4.78, 5) is 12.5. The van der Waals surface area contributed by atoms with Gasteiger partial charge in [-0.15, -0.1) is 0 Å². The predicted molar refractivity (Wildman–Crippen MR) is 253 cm³/mol. The quantitative estimate of drug-likeness (QED) is 0.0901. The number of fused-ring (bicyclic) bond motifs is 7. The van der Waals surface area contributed by atoms with Gasteiger partial charge >= 0.3 is 5.97 Å². The van der Waals surface area contributed by atoms with E-state index in [9.17, 15) is 71.2 Å². The van der Waals surface area contributed by atoms with Crippen molar-refractivity contribution < 1.29 is 109 Å². The molecule has 0 bridgehead atoms. The number of aliphatic hydroxyl groups is 12. The Morgan fingerprint density at radius 1 is 0.622 bits per heavy atom. The summed E-state index contributed by atoms with van der Waals surface area (Å²) in [6.07, 6.45) is -24.0. The van der Waals surface area contributed by atoms with E-state index in [-0.39, 0.29) is 47.2 Å². The Labute approximate surface area is 431 Å². The summed E-state index contributed by atoms with van der Waals surface area (Å²) in [5.74, 6) is -1.45. The van der Waals surface area contributed by atoms with E-state index < -0.39 is 158 Å². The lowest BCUT2D eigenvalue weighted by molar-refractivity contribution is -0.386. The normalized spacial score (nSPS) is 56.5. The van der Waals surface area contributed by atoms with Gasteiger partial charge in [0.1, 0.15) is 73.2 Å². The van der Waals surface area contributed by atoms with Gasteiger partial charge in [-0.25, -0.2) is 4.79 Å². The van der Waals surface area contributed by atoms with Gasteiger partial charge in [-0.05, 0) is 97.7 Å². The maximum Gasteiger partial charge on any atom is 0.335 e. The average Bonchev–Trinajstić information content (AvgIpc) is 3.34. The molecule has 4 aliphatic heterocycles. The second kappa shape index (κ2) is 20.2. The fourth-order valence-corrected chi connectivity index (χ4v) is 16.1. The van der Waals surface area contributed by atoms with Crippen LogP contribution in [0.2, 0.25) is 0 Å². The van der Waals surface area contributed by atoms with Gasteiger partial charge in [-0.1, -0.05) is 60.1 Å². The molecule has 29 atom stereocenters. The molecule has 9 rings (SSSR count). The lowest BCUT2D eigenvalue weighted by atomic mass is 9.33. The molecule has 0 aromatic carbocycles. The maximum atomic E-state index is 12.5. The monoisotopic (exact) mass is 1060 g/mol. The van der Waals surface area contributed by atoms with Crippen LogP contribution in [0.4, 0.5) is 0 Å². The molecule has 9 aliphatic rings. The van der Waals surface area contributed by atoms with E-state index in [0.717, 1.165) is 25.7 Å².